The summed E-state index contributed by atoms with van der Waals surface area (Å²) in [6, 6.07) is 13.2. The lowest BCUT2D eigenvalue weighted by atomic mass is 9.78. The Kier molecular flexibility index (Phi) is 5.13. The number of Topliss-reactive ketones (excluding diaryl/α,β-unsaturated/α-hetero) is 1. The standard InChI is InChI=1S/C23H22BrN5O3/c1-31-18-8-7-12(11-19(18)32-2)13-9-16-20(17(30)10-13)21(14-5-3-4-6-15(14)24)29-23(26-16)27-22(25)28-29/h3-8,11,13,21H,9-10H2,1-2H3,(H3,25,26,27,28)/t13-,21-/m1/s1. The van der Waals surface area contributed by atoms with Crippen LogP contribution in [0.25, 0.3) is 0 Å². The average molecular weight is 496 g/mol. The summed E-state index contributed by atoms with van der Waals surface area (Å²) < 4.78 is 13.4. The van der Waals surface area contributed by atoms with E-state index < -0.39 is 6.04 Å². The van der Waals surface area contributed by atoms with Crippen LogP contribution in [0.3, 0.4) is 0 Å². The number of carbonyl (C=O) groups excluding carboxylic acids is 1. The minimum absolute atomic E-state index is 0.000221. The summed E-state index contributed by atoms with van der Waals surface area (Å²) in [6.07, 6.45) is 1.04. The number of hydrogen-bond acceptors (Lipinski definition) is 7. The molecule has 9 heteroatoms. The Morgan fingerprint density at radius 2 is 1.91 bits per heavy atom. The molecule has 0 saturated carbocycles. The molecule has 0 amide bonds. The monoisotopic (exact) mass is 495 g/mol. The van der Waals surface area contributed by atoms with Crippen molar-refractivity contribution < 1.29 is 14.3 Å². The van der Waals surface area contributed by atoms with E-state index in [9.17, 15) is 4.79 Å². The lowest BCUT2D eigenvalue weighted by Gasteiger charge is -2.35. The smallest absolute Gasteiger partial charge is 0.241 e. The van der Waals surface area contributed by atoms with Crippen molar-refractivity contribution in [3.05, 3.63) is 69.3 Å². The molecule has 5 rings (SSSR count). The van der Waals surface area contributed by atoms with E-state index in [1.807, 2.05) is 42.5 Å². The van der Waals surface area contributed by atoms with E-state index in [4.69, 9.17) is 15.2 Å². The molecule has 0 radical (unpaired) electrons. The number of halogens is 1. The molecule has 2 aromatic carbocycles. The number of allylic oxidation sites excluding steroid dienone is 2. The molecule has 8 nitrogen and oxygen atoms in total. The quantitative estimate of drug-likeness (QED) is 0.562. The first-order valence-corrected chi connectivity index (χ1v) is 11.0. The third kappa shape index (κ3) is 3.33. The fraction of sp³-hybridized carbons (Fsp3) is 0.261. The van der Waals surface area contributed by atoms with Gasteiger partial charge in [0.05, 0.1) is 14.2 Å². The summed E-state index contributed by atoms with van der Waals surface area (Å²) >= 11 is 3.63. The Hall–Kier alpha value is -3.33. The van der Waals surface area contributed by atoms with Gasteiger partial charge in [-0.15, -0.1) is 5.10 Å². The third-order valence-corrected chi connectivity index (χ3v) is 6.74. The van der Waals surface area contributed by atoms with E-state index in [0.717, 1.165) is 21.3 Å². The summed E-state index contributed by atoms with van der Waals surface area (Å²) in [4.78, 5) is 17.9. The molecule has 3 N–H and O–H groups in total. The second-order valence-corrected chi connectivity index (χ2v) is 8.68. The number of carbonyl (C=O) groups is 1. The van der Waals surface area contributed by atoms with Crippen LogP contribution in [0.2, 0.25) is 0 Å². The zero-order valence-electron chi connectivity index (χ0n) is 17.6. The number of nitrogens with two attached hydrogens (primary N) is 1. The number of rotatable bonds is 4. The van der Waals surface area contributed by atoms with Crippen LogP contribution in [0, 0.1) is 0 Å². The molecule has 32 heavy (non-hydrogen) atoms. The number of nitrogens with one attached hydrogen (secondary N) is 1. The number of ether oxygens (including phenoxy) is 2. The zero-order chi connectivity index (χ0) is 22.4. The molecular weight excluding hydrogens is 474 g/mol. The second-order valence-electron chi connectivity index (χ2n) is 7.82. The van der Waals surface area contributed by atoms with Crippen molar-refractivity contribution in [2.45, 2.75) is 24.8 Å². The van der Waals surface area contributed by atoms with Crippen molar-refractivity contribution in [1.82, 2.24) is 14.8 Å². The minimum Gasteiger partial charge on any atom is -0.493 e. The maximum atomic E-state index is 13.5. The highest BCUT2D eigenvalue weighted by atomic mass is 79.9. The molecule has 1 aliphatic carbocycles. The highest BCUT2D eigenvalue weighted by Gasteiger charge is 2.40. The Balaban J connectivity index is 1.59. The van der Waals surface area contributed by atoms with Gasteiger partial charge in [0.2, 0.25) is 11.9 Å². The number of benzene rings is 2. The number of fused-ring (bicyclic) bond motifs is 1. The molecule has 0 spiro atoms. The Morgan fingerprint density at radius 3 is 2.66 bits per heavy atom. The Labute approximate surface area is 193 Å². The van der Waals surface area contributed by atoms with Gasteiger partial charge in [0.1, 0.15) is 6.04 Å². The zero-order valence-corrected chi connectivity index (χ0v) is 19.2. The van der Waals surface area contributed by atoms with Gasteiger partial charge in [-0.3, -0.25) is 4.79 Å². The third-order valence-electron chi connectivity index (χ3n) is 6.02. The van der Waals surface area contributed by atoms with Gasteiger partial charge in [0.15, 0.2) is 17.3 Å². The number of methoxy groups -OCH3 is 2. The van der Waals surface area contributed by atoms with Crippen molar-refractivity contribution >= 4 is 33.6 Å². The van der Waals surface area contributed by atoms with E-state index >= 15 is 0 Å². The minimum atomic E-state index is -0.402. The molecular formula is C23H22BrN5O3. The van der Waals surface area contributed by atoms with Gasteiger partial charge >= 0.3 is 0 Å². The van der Waals surface area contributed by atoms with E-state index in [-0.39, 0.29) is 17.6 Å². The number of hydrogen-bond donors (Lipinski definition) is 2. The van der Waals surface area contributed by atoms with E-state index in [1.165, 1.54) is 0 Å². The SMILES string of the molecule is COc1ccc([C@H]2CC(=O)C3=C(C2)Nc2nc(N)nn2[C@@H]3c2ccccc2Br)cc1OC. The normalized spacial score (nSPS) is 19.8. The van der Waals surface area contributed by atoms with Crippen molar-refractivity contribution in [1.29, 1.82) is 0 Å². The van der Waals surface area contributed by atoms with E-state index in [0.29, 0.717) is 35.9 Å². The maximum absolute atomic E-state index is 13.5. The molecule has 0 fully saturated rings. The topological polar surface area (TPSA) is 104 Å². The molecule has 164 valence electrons. The second kappa shape index (κ2) is 7.98. The van der Waals surface area contributed by atoms with Gasteiger partial charge < -0.3 is 20.5 Å². The van der Waals surface area contributed by atoms with Gasteiger partial charge in [0.25, 0.3) is 0 Å². The molecule has 2 heterocycles. The summed E-state index contributed by atoms with van der Waals surface area (Å²) in [5.41, 5.74) is 9.42. The highest BCUT2D eigenvalue weighted by molar-refractivity contribution is 9.10. The molecule has 2 atom stereocenters. The van der Waals surface area contributed by atoms with Crippen LogP contribution >= 0.6 is 15.9 Å². The van der Waals surface area contributed by atoms with Gasteiger partial charge in [-0.05, 0) is 41.7 Å². The average Bonchev–Trinajstić information content (AvgIpc) is 3.17. The summed E-state index contributed by atoms with van der Waals surface area (Å²) in [6.45, 7) is 0. The molecule has 3 aromatic rings. The molecule has 1 aliphatic heterocycles. The first-order chi connectivity index (χ1) is 15.5. The van der Waals surface area contributed by atoms with Crippen molar-refractivity contribution in [2.24, 2.45) is 0 Å². The van der Waals surface area contributed by atoms with Crippen LogP contribution in [-0.2, 0) is 4.79 Å². The largest absolute Gasteiger partial charge is 0.493 e. The van der Waals surface area contributed by atoms with Gasteiger partial charge in [-0.1, -0.05) is 40.2 Å². The number of ketones is 1. The van der Waals surface area contributed by atoms with Gasteiger partial charge in [-0.2, -0.15) is 4.98 Å². The van der Waals surface area contributed by atoms with Crippen LogP contribution in [0.4, 0.5) is 11.9 Å². The van der Waals surface area contributed by atoms with Crippen molar-refractivity contribution in [2.75, 3.05) is 25.3 Å². The van der Waals surface area contributed by atoms with Crippen LogP contribution in [0.1, 0.15) is 35.9 Å². The first-order valence-electron chi connectivity index (χ1n) is 10.2. The number of aromatic nitrogens is 3. The van der Waals surface area contributed by atoms with Crippen LogP contribution in [-0.4, -0.2) is 34.8 Å². The van der Waals surface area contributed by atoms with Crippen molar-refractivity contribution in [3.8, 4) is 11.5 Å². The maximum Gasteiger partial charge on any atom is 0.241 e. The molecule has 0 bridgehead atoms. The number of nitrogen functional groups attached to an aromatic ring is 1. The number of nitrogens with zero attached hydrogens (tertiary/aromatic N) is 3. The summed E-state index contributed by atoms with van der Waals surface area (Å²) in [5, 5.41) is 7.69. The molecule has 0 unspecified atom stereocenters. The predicted molar refractivity (Wildman–Crippen MR) is 124 cm³/mol. The van der Waals surface area contributed by atoms with Gasteiger partial charge in [0, 0.05) is 22.2 Å². The first kappa shape index (κ1) is 20.6. The summed E-state index contributed by atoms with van der Waals surface area (Å²) in [7, 11) is 3.21. The molecule has 2 aliphatic rings. The van der Waals surface area contributed by atoms with Crippen molar-refractivity contribution in [3.63, 3.8) is 0 Å². The Morgan fingerprint density at radius 1 is 1.12 bits per heavy atom. The van der Waals surface area contributed by atoms with E-state index in [1.54, 1.807) is 18.9 Å². The van der Waals surface area contributed by atoms with Crippen LogP contribution in [0.5, 0.6) is 11.5 Å². The van der Waals surface area contributed by atoms with E-state index in [2.05, 4.69) is 31.3 Å². The molecule has 1 aromatic heterocycles. The Bertz CT molecular complexity index is 1250. The fourth-order valence-corrected chi connectivity index (χ4v) is 5.06. The van der Waals surface area contributed by atoms with Crippen LogP contribution < -0.4 is 20.5 Å². The summed E-state index contributed by atoms with van der Waals surface area (Å²) in [5.74, 6) is 2.06. The lowest BCUT2D eigenvalue weighted by Crippen LogP contribution is -2.33. The predicted octanol–water partition coefficient (Wildman–Crippen LogP) is 4.06. The van der Waals surface area contributed by atoms with Crippen LogP contribution in [0.15, 0.2) is 58.2 Å². The highest BCUT2D eigenvalue weighted by Crippen LogP contribution is 2.46. The number of anilines is 2. The molecule has 0 saturated heterocycles. The fourth-order valence-electron chi connectivity index (χ4n) is 4.56. The lowest BCUT2D eigenvalue weighted by molar-refractivity contribution is -0.116. The van der Waals surface area contributed by atoms with Gasteiger partial charge in [-0.25, -0.2) is 4.68 Å².